The summed E-state index contributed by atoms with van der Waals surface area (Å²) in [5.41, 5.74) is 0. The van der Waals surface area contributed by atoms with Gasteiger partial charge < -0.3 is 9.47 Å². The SMILES string of the molecule is COC(=O)C1CC/C=C/C(OC=O)CC1. The van der Waals surface area contributed by atoms with Crippen molar-refractivity contribution in [1.82, 2.24) is 0 Å². The van der Waals surface area contributed by atoms with Crippen molar-refractivity contribution in [3.05, 3.63) is 12.2 Å². The first-order valence-electron chi connectivity index (χ1n) is 5.11. The van der Waals surface area contributed by atoms with E-state index in [9.17, 15) is 9.59 Å². The highest BCUT2D eigenvalue weighted by Crippen LogP contribution is 2.21. The fourth-order valence-corrected chi connectivity index (χ4v) is 1.74. The Morgan fingerprint density at radius 3 is 2.87 bits per heavy atom. The number of hydrogen-bond donors (Lipinski definition) is 0. The fraction of sp³-hybridized carbons (Fsp3) is 0.636. The van der Waals surface area contributed by atoms with Crippen molar-refractivity contribution in [2.24, 2.45) is 5.92 Å². The summed E-state index contributed by atoms with van der Waals surface area (Å²) in [5.74, 6) is -0.243. The maximum absolute atomic E-state index is 11.3. The lowest BCUT2D eigenvalue weighted by atomic mass is 9.93. The van der Waals surface area contributed by atoms with Gasteiger partial charge in [-0.15, -0.1) is 0 Å². The van der Waals surface area contributed by atoms with E-state index < -0.39 is 0 Å². The third kappa shape index (κ3) is 3.73. The van der Waals surface area contributed by atoms with Crippen LogP contribution in [-0.2, 0) is 19.1 Å². The molecule has 4 heteroatoms. The third-order valence-electron chi connectivity index (χ3n) is 2.60. The molecule has 0 fully saturated rings. The molecule has 0 heterocycles. The highest BCUT2D eigenvalue weighted by Gasteiger charge is 2.21. The molecular weight excluding hydrogens is 196 g/mol. The average Bonchev–Trinajstić information content (AvgIpc) is 2.22. The van der Waals surface area contributed by atoms with Gasteiger partial charge in [-0.2, -0.15) is 0 Å². The standard InChI is InChI=1S/C11H16O4/c1-14-11(13)9-4-2-3-5-10(7-6-9)15-8-12/h3,5,8-10H,2,4,6-7H2,1H3/b5-3+. The van der Waals surface area contributed by atoms with Gasteiger partial charge in [-0.1, -0.05) is 6.08 Å². The lowest BCUT2D eigenvalue weighted by Gasteiger charge is -2.18. The van der Waals surface area contributed by atoms with Gasteiger partial charge in [-0.05, 0) is 31.8 Å². The Balaban J connectivity index is 2.51. The van der Waals surface area contributed by atoms with Crippen molar-refractivity contribution < 1.29 is 19.1 Å². The monoisotopic (exact) mass is 212 g/mol. The smallest absolute Gasteiger partial charge is 0.308 e. The molecule has 15 heavy (non-hydrogen) atoms. The van der Waals surface area contributed by atoms with Crippen LogP contribution < -0.4 is 0 Å². The van der Waals surface area contributed by atoms with Gasteiger partial charge in [-0.25, -0.2) is 0 Å². The minimum absolute atomic E-state index is 0.0716. The second-order valence-corrected chi connectivity index (χ2v) is 3.57. The summed E-state index contributed by atoms with van der Waals surface area (Å²) in [7, 11) is 1.40. The molecule has 0 N–H and O–H groups in total. The van der Waals surface area contributed by atoms with Crippen molar-refractivity contribution in [1.29, 1.82) is 0 Å². The largest absolute Gasteiger partial charge is 0.469 e. The highest BCUT2D eigenvalue weighted by atomic mass is 16.5. The Morgan fingerprint density at radius 2 is 2.20 bits per heavy atom. The number of rotatable bonds is 3. The molecule has 0 bridgehead atoms. The lowest BCUT2D eigenvalue weighted by Crippen LogP contribution is -2.20. The molecule has 84 valence electrons. The van der Waals surface area contributed by atoms with Crippen molar-refractivity contribution in [2.45, 2.75) is 31.8 Å². The normalized spacial score (nSPS) is 28.3. The van der Waals surface area contributed by atoms with Crippen LogP contribution in [0.1, 0.15) is 25.7 Å². The maximum Gasteiger partial charge on any atom is 0.308 e. The number of ether oxygens (including phenoxy) is 2. The van der Waals surface area contributed by atoms with Crippen LogP contribution >= 0.6 is 0 Å². The predicted octanol–water partition coefficient (Wildman–Crippen LogP) is 1.45. The summed E-state index contributed by atoms with van der Waals surface area (Å²) >= 11 is 0. The molecule has 1 aliphatic rings. The second kappa shape index (κ2) is 6.22. The topological polar surface area (TPSA) is 52.6 Å². The van der Waals surface area contributed by atoms with Crippen LogP contribution in [0.5, 0.6) is 0 Å². The molecule has 0 saturated heterocycles. The zero-order chi connectivity index (χ0) is 11.1. The number of esters is 1. The van der Waals surface area contributed by atoms with Gasteiger partial charge in [0.2, 0.25) is 0 Å². The van der Waals surface area contributed by atoms with E-state index in [1.54, 1.807) is 0 Å². The summed E-state index contributed by atoms with van der Waals surface area (Å²) in [4.78, 5) is 21.5. The molecule has 0 saturated carbocycles. The van der Waals surface area contributed by atoms with E-state index in [0.717, 1.165) is 12.8 Å². The molecule has 0 amide bonds. The van der Waals surface area contributed by atoms with Gasteiger partial charge in [-0.3, -0.25) is 9.59 Å². The molecule has 1 rings (SSSR count). The second-order valence-electron chi connectivity index (χ2n) is 3.57. The van der Waals surface area contributed by atoms with Crippen molar-refractivity contribution in [2.75, 3.05) is 7.11 Å². The molecule has 0 aromatic rings. The van der Waals surface area contributed by atoms with Crippen molar-refractivity contribution in [3.8, 4) is 0 Å². The van der Waals surface area contributed by atoms with Crippen LogP contribution in [-0.4, -0.2) is 25.7 Å². The first-order chi connectivity index (χ1) is 7.27. The first kappa shape index (κ1) is 11.8. The number of carbonyl (C=O) groups excluding carboxylic acids is 2. The molecule has 1 aliphatic carbocycles. The zero-order valence-electron chi connectivity index (χ0n) is 8.85. The first-order valence-corrected chi connectivity index (χ1v) is 5.11. The van der Waals surface area contributed by atoms with E-state index in [0.29, 0.717) is 19.3 Å². The quantitative estimate of drug-likeness (QED) is 0.403. The molecule has 0 spiro atoms. The van der Waals surface area contributed by atoms with E-state index >= 15 is 0 Å². The Labute approximate surface area is 89.2 Å². The lowest BCUT2D eigenvalue weighted by molar-refractivity contribution is -0.146. The van der Waals surface area contributed by atoms with Crippen LogP contribution in [0.15, 0.2) is 12.2 Å². The van der Waals surface area contributed by atoms with E-state index in [1.807, 2.05) is 12.2 Å². The fourth-order valence-electron chi connectivity index (χ4n) is 1.74. The highest BCUT2D eigenvalue weighted by molar-refractivity contribution is 5.72. The average molecular weight is 212 g/mol. The molecule has 0 aliphatic heterocycles. The van der Waals surface area contributed by atoms with Gasteiger partial charge in [0.15, 0.2) is 0 Å². The van der Waals surface area contributed by atoms with E-state index in [-0.39, 0.29) is 18.0 Å². The number of carbonyl (C=O) groups is 2. The minimum Gasteiger partial charge on any atom is -0.469 e. The van der Waals surface area contributed by atoms with Crippen LogP contribution in [0.4, 0.5) is 0 Å². The molecule has 2 unspecified atom stereocenters. The number of methoxy groups -OCH3 is 1. The van der Waals surface area contributed by atoms with Gasteiger partial charge >= 0.3 is 5.97 Å². The molecule has 4 nitrogen and oxygen atoms in total. The number of hydrogen-bond acceptors (Lipinski definition) is 4. The van der Waals surface area contributed by atoms with Crippen LogP contribution in [0.3, 0.4) is 0 Å². The summed E-state index contributed by atoms with van der Waals surface area (Å²) < 4.78 is 9.57. The Bertz CT molecular complexity index is 247. The van der Waals surface area contributed by atoms with Crippen molar-refractivity contribution in [3.63, 3.8) is 0 Å². The Hall–Kier alpha value is -1.32. The zero-order valence-corrected chi connectivity index (χ0v) is 8.85. The van der Waals surface area contributed by atoms with Gasteiger partial charge in [0.05, 0.1) is 13.0 Å². The van der Waals surface area contributed by atoms with Crippen LogP contribution in [0.2, 0.25) is 0 Å². The van der Waals surface area contributed by atoms with E-state index in [1.165, 1.54) is 7.11 Å². The van der Waals surface area contributed by atoms with Gasteiger partial charge in [0.1, 0.15) is 6.10 Å². The summed E-state index contributed by atoms with van der Waals surface area (Å²) in [6.07, 6.45) is 6.63. The molecule has 0 aromatic carbocycles. The maximum atomic E-state index is 11.3. The summed E-state index contributed by atoms with van der Waals surface area (Å²) in [5, 5.41) is 0. The molecule has 0 radical (unpaired) electrons. The van der Waals surface area contributed by atoms with Crippen molar-refractivity contribution >= 4 is 12.4 Å². The minimum atomic E-state index is -0.199. The van der Waals surface area contributed by atoms with E-state index in [4.69, 9.17) is 9.47 Å². The Kier molecular flexibility index (Phi) is 4.87. The predicted molar refractivity (Wildman–Crippen MR) is 54.1 cm³/mol. The Morgan fingerprint density at radius 1 is 1.40 bits per heavy atom. The number of allylic oxidation sites excluding steroid dienone is 1. The van der Waals surface area contributed by atoms with Gasteiger partial charge in [0.25, 0.3) is 6.47 Å². The molecule has 0 aromatic heterocycles. The summed E-state index contributed by atoms with van der Waals surface area (Å²) in [6.45, 7) is 0.448. The van der Waals surface area contributed by atoms with E-state index in [2.05, 4.69) is 0 Å². The molecular formula is C11H16O4. The summed E-state index contributed by atoms with van der Waals surface area (Å²) in [6, 6.07) is 0. The van der Waals surface area contributed by atoms with Gasteiger partial charge in [0, 0.05) is 0 Å². The third-order valence-corrected chi connectivity index (χ3v) is 2.60. The van der Waals surface area contributed by atoms with Crippen LogP contribution in [0, 0.1) is 5.92 Å². The molecule has 2 atom stereocenters. The van der Waals surface area contributed by atoms with Crippen LogP contribution in [0.25, 0.3) is 0 Å².